The Morgan fingerprint density at radius 3 is 2.88 bits per heavy atom. The van der Waals surface area contributed by atoms with Crippen LogP contribution in [0.2, 0.25) is 0 Å². The summed E-state index contributed by atoms with van der Waals surface area (Å²) in [6.07, 6.45) is 1.52. The van der Waals surface area contributed by atoms with Gasteiger partial charge in [0.05, 0.1) is 0 Å². The van der Waals surface area contributed by atoms with Crippen LogP contribution in [0.3, 0.4) is 0 Å². The molecule has 47 valence electrons. The number of aliphatic hydroxyl groups excluding tert-OH is 1. The highest BCUT2D eigenvalue weighted by molar-refractivity contribution is 5.46. The molecule has 0 aliphatic carbocycles. The largest absolute Gasteiger partial charge is 0.396 e. The summed E-state index contributed by atoms with van der Waals surface area (Å²) in [4.78, 5) is 9.51. The molecule has 1 amide bonds. The summed E-state index contributed by atoms with van der Waals surface area (Å²) < 4.78 is 0. The monoisotopic (exact) mass is 116 g/mol. The Morgan fingerprint density at radius 2 is 2.50 bits per heavy atom. The van der Waals surface area contributed by atoms with Crippen molar-refractivity contribution in [3.8, 4) is 0 Å². The molecule has 1 unspecified atom stereocenters. The maximum atomic E-state index is 9.51. The van der Waals surface area contributed by atoms with E-state index in [0.717, 1.165) is 0 Å². The molecular weight excluding hydrogens is 106 g/mol. The normalized spacial score (nSPS) is 12.8. The van der Waals surface area contributed by atoms with E-state index in [1.165, 1.54) is 6.41 Å². The molecular formula is C5H10NO2. The van der Waals surface area contributed by atoms with Crippen LogP contribution in [0.5, 0.6) is 0 Å². The lowest BCUT2D eigenvalue weighted by Crippen LogP contribution is -2.21. The summed E-state index contributed by atoms with van der Waals surface area (Å²) in [5, 5.41) is 10.7. The van der Waals surface area contributed by atoms with Crippen molar-refractivity contribution in [2.75, 3.05) is 13.2 Å². The van der Waals surface area contributed by atoms with E-state index in [1.54, 1.807) is 0 Å². The molecule has 0 aliphatic heterocycles. The van der Waals surface area contributed by atoms with Crippen LogP contribution in [-0.4, -0.2) is 24.7 Å². The van der Waals surface area contributed by atoms with E-state index in [4.69, 9.17) is 5.11 Å². The van der Waals surface area contributed by atoms with E-state index in [9.17, 15) is 4.79 Å². The molecule has 0 aromatic heterocycles. The van der Waals surface area contributed by atoms with E-state index in [0.29, 0.717) is 6.54 Å². The van der Waals surface area contributed by atoms with Crippen molar-refractivity contribution >= 4 is 6.41 Å². The van der Waals surface area contributed by atoms with Gasteiger partial charge in [0.25, 0.3) is 0 Å². The minimum atomic E-state index is 0.106. The predicted molar refractivity (Wildman–Crippen MR) is 29.9 cm³/mol. The SMILES string of the molecule is CC(CO)CN[C]=O. The van der Waals surface area contributed by atoms with Gasteiger partial charge in [-0.3, -0.25) is 4.79 Å². The molecule has 8 heavy (non-hydrogen) atoms. The molecule has 0 heterocycles. The Morgan fingerprint density at radius 1 is 1.88 bits per heavy atom. The quantitative estimate of drug-likeness (QED) is 0.476. The average molecular weight is 116 g/mol. The molecule has 0 saturated heterocycles. The van der Waals surface area contributed by atoms with Crippen LogP contribution in [0.25, 0.3) is 0 Å². The van der Waals surface area contributed by atoms with Gasteiger partial charge in [-0.1, -0.05) is 6.92 Å². The third kappa shape index (κ3) is 3.61. The first kappa shape index (κ1) is 7.43. The molecule has 3 heteroatoms. The summed E-state index contributed by atoms with van der Waals surface area (Å²) in [7, 11) is 0. The first-order valence-corrected chi connectivity index (χ1v) is 2.52. The van der Waals surface area contributed by atoms with Crippen molar-refractivity contribution in [3.05, 3.63) is 0 Å². The van der Waals surface area contributed by atoms with Gasteiger partial charge < -0.3 is 10.4 Å². The van der Waals surface area contributed by atoms with Crippen molar-refractivity contribution in [1.82, 2.24) is 5.32 Å². The van der Waals surface area contributed by atoms with Gasteiger partial charge in [-0.25, -0.2) is 0 Å². The lowest BCUT2D eigenvalue weighted by molar-refractivity contribution is 0.238. The molecule has 1 atom stereocenters. The fourth-order valence-electron chi connectivity index (χ4n) is 0.280. The summed E-state index contributed by atoms with van der Waals surface area (Å²) >= 11 is 0. The number of hydrogen-bond acceptors (Lipinski definition) is 2. The summed E-state index contributed by atoms with van der Waals surface area (Å²) in [6, 6.07) is 0. The standard InChI is InChI=1S/C5H10NO2/c1-5(3-7)2-6-4-8/h5,7H,2-3H2,1H3,(H,6,8). The minimum absolute atomic E-state index is 0.106. The molecule has 0 saturated carbocycles. The Hall–Kier alpha value is -0.570. The fourth-order valence-corrected chi connectivity index (χ4v) is 0.280. The molecule has 0 aromatic carbocycles. The van der Waals surface area contributed by atoms with Crippen molar-refractivity contribution in [2.24, 2.45) is 5.92 Å². The number of aliphatic hydroxyl groups is 1. The van der Waals surface area contributed by atoms with E-state index in [2.05, 4.69) is 5.32 Å². The fraction of sp³-hybridized carbons (Fsp3) is 0.800. The first-order chi connectivity index (χ1) is 3.81. The summed E-state index contributed by atoms with van der Waals surface area (Å²) in [6.45, 7) is 2.44. The van der Waals surface area contributed by atoms with E-state index in [-0.39, 0.29) is 12.5 Å². The molecule has 0 bridgehead atoms. The molecule has 0 rings (SSSR count). The van der Waals surface area contributed by atoms with Gasteiger partial charge in [-0.2, -0.15) is 0 Å². The maximum absolute atomic E-state index is 9.51. The van der Waals surface area contributed by atoms with Gasteiger partial charge in [-0.15, -0.1) is 0 Å². The highest BCUT2D eigenvalue weighted by Gasteiger charge is 1.95. The van der Waals surface area contributed by atoms with Gasteiger partial charge in [0, 0.05) is 13.2 Å². The van der Waals surface area contributed by atoms with Gasteiger partial charge in [0.1, 0.15) is 0 Å². The summed E-state index contributed by atoms with van der Waals surface area (Å²) in [5.41, 5.74) is 0. The zero-order valence-corrected chi connectivity index (χ0v) is 4.85. The maximum Gasteiger partial charge on any atom is 0.309 e. The van der Waals surface area contributed by atoms with Crippen LogP contribution in [0.15, 0.2) is 0 Å². The molecule has 1 radical (unpaired) electrons. The zero-order chi connectivity index (χ0) is 6.41. The van der Waals surface area contributed by atoms with Gasteiger partial charge in [0.15, 0.2) is 0 Å². The first-order valence-electron chi connectivity index (χ1n) is 2.52. The second kappa shape index (κ2) is 4.59. The van der Waals surface area contributed by atoms with Crippen LogP contribution >= 0.6 is 0 Å². The minimum Gasteiger partial charge on any atom is -0.396 e. The van der Waals surface area contributed by atoms with Crippen LogP contribution in [-0.2, 0) is 4.79 Å². The zero-order valence-electron chi connectivity index (χ0n) is 4.85. The Balaban J connectivity index is 2.97. The molecule has 0 fully saturated rings. The number of hydrogen-bond donors (Lipinski definition) is 2. The molecule has 3 nitrogen and oxygen atoms in total. The smallest absolute Gasteiger partial charge is 0.309 e. The number of amides is 1. The average Bonchev–Trinajstić information content (AvgIpc) is 1.83. The molecule has 0 aliphatic rings. The van der Waals surface area contributed by atoms with Gasteiger partial charge in [0.2, 0.25) is 0 Å². The van der Waals surface area contributed by atoms with Crippen molar-refractivity contribution in [3.63, 3.8) is 0 Å². The number of nitrogens with one attached hydrogen (secondary N) is 1. The van der Waals surface area contributed by atoms with E-state index in [1.807, 2.05) is 6.92 Å². The van der Waals surface area contributed by atoms with E-state index < -0.39 is 0 Å². The van der Waals surface area contributed by atoms with Gasteiger partial charge in [-0.05, 0) is 5.92 Å². The number of rotatable bonds is 4. The van der Waals surface area contributed by atoms with Crippen LogP contribution in [0.1, 0.15) is 6.92 Å². The lowest BCUT2D eigenvalue weighted by Gasteiger charge is -2.02. The van der Waals surface area contributed by atoms with Crippen LogP contribution in [0, 0.1) is 5.92 Å². The van der Waals surface area contributed by atoms with Crippen molar-refractivity contribution in [2.45, 2.75) is 6.92 Å². The van der Waals surface area contributed by atoms with Crippen molar-refractivity contribution < 1.29 is 9.90 Å². The predicted octanol–water partition coefficient (Wildman–Crippen LogP) is -0.728. The lowest BCUT2D eigenvalue weighted by atomic mass is 10.2. The third-order valence-electron chi connectivity index (χ3n) is 0.834. The highest BCUT2D eigenvalue weighted by atomic mass is 16.3. The number of carbonyl (C=O) groups excluding carboxylic acids is 1. The van der Waals surface area contributed by atoms with Crippen LogP contribution < -0.4 is 5.32 Å². The molecule has 0 spiro atoms. The Kier molecular flexibility index (Phi) is 4.26. The third-order valence-corrected chi connectivity index (χ3v) is 0.834. The summed E-state index contributed by atoms with van der Waals surface area (Å²) in [5.74, 6) is 0.136. The second-order valence-corrected chi connectivity index (χ2v) is 1.77. The molecule has 0 aromatic rings. The van der Waals surface area contributed by atoms with Crippen molar-refractivity contribution in [1.29, 1.82) is 0 Å². The molecule has 2 N–H and O–H groups in total. The van der Waals surface area contributed by atoms with Gasteiger partial charge >= 0.3 is 6.41 Å². The van der Waals surface area contributed by atoms with Crippen LogP contribution in [0.4, 0.5) is 0 Å². The van der Waals surface area contributed by atoms with E-state index >= 15 is 0 Å². The second-order valence-electron chi connectivity index (χ2n) is 1.77. The Bertz CT molecular complexity index is 65.4. The Labute approximate surface area is 48.7 Å². The highest BCUT2D eigenvalue weighted by Crippen LogP contribution is 1.86. The topological polar surface area (TPSA) is 49.3 Å².